The van der Waals surface area contributed by atoms with Crippen LogP contribution in [0.1, 0.15) is 18.5 Å². The van der Waals surface area contributed by atoms with Crippen molar-refractivity contribution in [2.75, 3.05) is 23.4 Å². The van der Waals surface area contributed by atoms with Crippen LogP contribution in [0.3, 0.4) is 0 Å². The lowest BCUT2D eigenvalue weighted by Crippen LogP contribution is -2.27. The zero-order valence-corrected chi connectivity index (χ0v) is 18.5. The fourth-order valence-electron chi connectivity index (χ4n) is 3.78. The minimum absolute atomic E-state index is 0.295. The van der Waals surface area contributed by atoms with Gasteiger partial charge in [0.2, 0.25) is 0 Å². The van der Waals surface area contributed by atoms with E-state index in [0.717, 1.165) is 22.6 Å². The number of hydrogen-bond acceptors (Lipinski definition) is 4. The number of ether oxygens (including phenoxy) is 1. The summed E-state index contributed by atoms with van der Waals surface area (Å²) in [6, 6.07) is 24.7. The Morgan fingerprint density at radius 3 is 2.19 bits per heavy atom. The second kappa shape index (κ2) is 9.46. The third-order valence-corrected chi connectivity index (χ3v) is 5.65. The highest BCUT2D eigenvalue weighted by Crippen LogP contribution is 2.41. The molecule has 0 radical (unpaired) electrons. The van der Waals surface area contributed by atoms with Crippen molar-refractivity contribution in [3.8, 4) is 0 Å². The second-order valence-electron chi connectivity index (χ2n) is 7.16. The molecule has 4 rings (SSSR count). The molecule has 6 heteroatoms. The highest BCUT2D eigenvalue weighted by Gasteiger charge is 2.39. The van der Waals surface area contributed by atoms with Crippen molar-refractivity contribution >= 4 is 40.5 Å². The number of halogens is 2. The van der Waals surface area contributed by atoms with Gasteiger partial charge in [-0.2, -0.15) is 0 Å². The van der Waals surface area contributed by atoms with E-state index in [9.17, 15) is 4.79 Å². The summed E-state index contributed by atoms with van der Waals surface area (Å²) in [5.74, 6) is -0.329. The molecule has 1 heterocycles. The molecule has 0 aromatic heterocycles. The van der Waals surface area contributed by atoms with E-state index in [1.165, 1.54) is 0 Å². The molecular weight excluding hydrogens is 431 g/mol. The highest BCUT2D eigenvalue weighted by molar-refractivity contribution is 6.30. The number of benzene rings is 3. The van der Waals surface area contributed by atoms with Crippen LogP contribution in [0.2, 0.25) is 10.0 Å². The lowest BCUT2D eigenvalue weighted by Gasteiger charge is -2.28. The first kappa shape index (κ1) is 21.3. The third kappa shape index (κ3) is 4.71. The molecular formula is C25H22Cl2N2O2. The topological polar surface area (TPSA) is 41.6 Å². The number of rotatable bonds is 6. The quantitative estimate of drug-likeness (QED) is 0.434. The van der Waals surface area contributed by atoms with Crippen LogP contribution in [0.4, 0.5) is 11.4 Å². The van der Waals surface area contributed by atoms with Crippen LogP contribution >= 0.6 is 23.2 Å². The molecule has 1 aliphatic heterocycles. The molecule has 0 amide bonds. The van der Waals surface area contributed by atoms with Crippen LogP contribution in [0.25, 0.3) is 0 Å². The van der Waals surface area contributed by atoms with Gasteiger partial charge < -0.3 is 15.0 Å². The van der Waals surface area contributed by atoms with Gasteiger partial charge in [-0.25, -0.2) is 4.79 Å². The molecule has 1 atom stereocenters. The summed E-state index contributed by atoms with van der Waals surface area (Å²) in [7, 11) is 0. The number of anilines is 2. The summed E-state index contributed by atoms with van der Waals surface area (Å²) < 4.78 is 5.46. The molecule has 0 spiro atoms. The van der Waals surface area contributed by atoms with Crippen LogP contribution in [0.15, 0.2) is 90.1 Å². The van der Waals surface area contributed by atoms with Crippen molar-refractivity contribution in [1.29, 1.82) is 0 Å². The summed E-state index contributed by atoms with van der Waals surface area (Å²) in [5, 5.41) is 4.74. The van der Waals surface area contributed by atoms with E-state index in [1.54, 1.807) is 0 Å². The van der Waals surface area contributed by atoms with Crippen LogP contribution in [-0.2, 0) is 9.53 Å². The molecule has 3 aromatic rings. The molecule has 1 unspecified atom stereocenters. The molecule has 1 aliphatic rings. The number of nitrogens with one attached hydrogen (secondary N) is 1. The maximum Gasteiger partial charge on any atom is 0.338 e. The number of hydrogen-bond donors (Lipinski definition) is 1. The smallest absolute Gasteiger partial charge is 0.338 e. The molecule has 0 aliphatic carbocycles. The van der Waals surface area contributed by atoms with Gasteiger partial charge in [-0.1, -0.05) is 53.5 Å². The predicted octanol–water partition coefficient (Wildman–Crippen LogP) is 6.48. The number of nitrogens with zero attached hydrogens (tertiary/aromatic N) is 1. The zero-order chi connectivity index (χ0) is 21.8. The molecule has 31 heavy (non-hydrogen) atoms. The SMILES string of the molecule is CCOC(=O)C1=C(Nc2ccc(Cl)cc2)CN(c2ccc(Cl)cc2)C1c1ccccc1. The lowest BCUT2D eigenvalue weighted by molar-refractivity contribution is -0.138. The Hall–Kier alpha value is -2.95. The number of carbonyl (C=O) groups excluding carboxylic acids is 1. The minimum atomic E-state index is -0.329. The van der Waals surface area contributed by atoms with Crippen molar-refractivity contribution in [1.82, 2.24) is 0 Å². The average Bonchev–Trinajstić information content (AvgIpc) is 3.16. The molecule has 0 saturated heterocycles. The first-order valence-corrected chi connectivity index (χ1v) is 10.8. The van der Waals surface area contributed by atoms with E-state index in [2.05, 4.69) is 10.2 Å². The van der Waals surface area contributed by atoms with Crippen molar-refractivity contribution in [3.05, 3.63) is 106 Å². The molecule has 158 valence electrons. The second-order valence-corrected chi connectivity index (χ2v) is 8.04. The molecule has 1 N–H and O–H groups in total. The van der Waals surface area contributed by atoms with Gasteiger partial charge in [0.1, 0.15) is 0 Å². The first-order chi connectivity index (χ1) is 15.1. The molecule has 0 fully saturated rings. The third-order valence-electron chi connectivity index (χ3n) is 5.15. The van der Waals surface area contributed by atoms with Crippen molar-refractivity contribution in [2.45, 2.75) is 13.0 Å². The lowest BCUT2D eigenvalue weighted by atomic mass is 9.98. The Bertz CT molecular complexity index is 1080. The average molecular weight is 453 g/mol. The maximum absolute atomic E-state index is 13.1. The molecule has 3 aromatic carbocycles. The van der Waals surface area contributed by atoms with E-state index < -0.39 is 0 Å². The van der Waals surface area contributed by atoms with Gasteiger partial charge in [0.15, 0.2) is 0 Å². The predicted molar refractivity (Wildman–Crippen MR) is 127 cm³/mol. The maximum atomic E-state index is 13.1. The van der Waals surface area contributed by atoms with Gasteiger partial charge in [0.25, 0.3) is 0 Å². The van der Waals surface area contributed by atoms with Crippen LogP contribution < -0.4 is 10.2 Å². The van der Waals surface area contributed by atoms with Gasteiger partial charge in [-0.3, -0.25) is 0 Å². The highest BCUT2D eigenvalue weighted by atomic mass is 35.5. The monoisotopic (exact) mass is 452 g/mol. The number of carbonyl (C=O) groups is 1. The first-order valence-electron chi connectivity index (χ1n) is 10.1. The Labute approximate surface area is 192 Å². The standard InChI is InChI=1S/C25H22Cl2N2O2/c1-2-31-25(30)23-22(28-20-12-8-18(26)9-13-20)16-29(21-14-10-19(27)11-15-21)24(23)17-6-4-3-5-7-17/h3-15,24,28H,2,16H2,1H3. The Morgan fingerprint density at radius 2 is 1.58 bits per heavy atom. The fraction of sp³-hybridized carbons (Fsp3) is 0.160. The Balaban J connectivity index is 1.81. The fourth-order valence-corrected chi connectivity index (χ4v) is 4.03. The molecule has 0 saturated carbocycles. The number of esters is 1. The van der Waals surface area contributed by atoms with E-state index in [4.69, 9.17) is 27.9 Å². The van der Waals surface area contributed by atoms with Crippen molar-refractivity contribution in [3.63, 3.8) is 0 Å². The summed E-state index contributed by atoms with van der Waals surface area (Å²) >= 11 is 12.1. The van der Waals surface area contributed by atoms with Crippen molar-refractivity contribution < 1.29 is 9.53 Å². The Kier molecular flexibility index (Phi) is 6.50. The van der Waals surface area contributed by atoms with Crippen LogP contribution in [-0.4, -0.2) is 19.1 Å². The van der Waals surface area contributed by atoms with E-state index in [0.29, 0.717) is 28.8 Å². The summed E-state index contributed by atoms with van der Waals surface area (Å²) in [5.41, 5.74) is 4.22. The summed E-state index contributed by atoms with van der Waals surface area (Å²) in [4.78, 5) is 15.3. The normalized spacial score (nSPS) is 15.8. The van der Waals surface area contributed by atoms with E-state index >= 15 is 0 Å². The zero-order valence-electron chi connectivity index (χ0n) is 17.0. The summed E-state index contributed by atoms with van der Waals surface area (Å²) in [6.45, 7) is 2.63. The van der Waals surface area contributed by atoms with Crippen LogP contribution in [0, 0.1) is 0 Å². The Morgan fingerprint density at radius 1 is 0.968 bits per heavy atom. The largest absolute Gasteiger partial charge is 0.463 e. The minimum Gasteiger partial charge on any atom is -0.463 e. The van der Waals surface area contributed by atoms with E-state index in [1.807, 2.05) is 85.8 Å². The summed E-state index contributed by atoms with van der Waals surface area (Å²) in [6.07, 6.45) is 0. The van der Waals surface area contributed by atoms with Gasteiger partial charge in [-0.15, -0.1) is 0 Å². The van der Waals surface area contributed by atoms with E-state index in [-0.39, 0.29) is 12.0 Å². The van der Waals surface area contributed by atoms with Crippen LogP contribution in [0.5, 0.6) is 0 Å². The van der Waals surface area contributed by atoms with Gasteiger partial charge in [-0.05, 0) is 61.0 Å². The van der Waals surface area contributed by atoms with Crippen molar-refractivity contribution in [2.24, 2.45) is 0 Å². The van der Waals surface area contributed by atoms with Gasteiger partial charge in [0.05, 0.1) is 24.8 Å². The molecule has 4 nitrogen and oxygen atoms in total. The van der Waals surface area contributed by atoms with Gasteiger partial charge >= 0.3 is 5.97 Å². The van der Waals surface area contributed by atoms with Gasteiger partial charge in [0, 0.05) is 27.1 Å². The molecule has 0 bridgehead atoms.